The van der Waals surface area contributed by atoms with E-state index >= 15 is 0 Å². The van der Waals surface area contributed by atoms with Gasteiger partial charge in [-0.25, -0.2) is 9.97 Å². The largest absolute Gasteiger partial charge is 0.313 e. The topological polar surface area (TPSA) is 54.9 Å². The molecule has 0 unspecified atom stereocenters. The molecule has 1 fully saturated rings. The predicted octanol–water partition coefficient (Wildman–Crippen LogP) is 0.645. The minimum atomic E-state index is -1.07. The van der Waals surface area contributed by atoms with Gasteiger partial charge in [0.1, 0.15) is 0 Å². The van der Waals surface area contributed by atoms with E-state index in [2.05, 4.69) is 15.3 Å². The molecule has 2 heterocycles. The van der Waals surface area contributed by atoms with Gasteiger partial charge in [0.15, 0.2) is 0 Å². The molecule has 2 atom stereocenters. The van der Waals surface area contributed by atoms with E-state index in [9.17, 15) is 4.21 Å². The summed E-state index contributed by atoms with van der Waals surface area (Å²) in [6, 6.07) is 2.18. The van der Waals surface area contributed by atoms with E-state index in [-0.39, 0.29) is 0 Å². The van der Waals surface area contributed by atoms with Gasteiger partial charge in [-0.05, 0) is 32.4 Å². The van der Waals surface area contributed by atoms with Gasteiger partial charge in [0, 0.05) is 23.7 Å². The van der Waals surface area contributed by atoms with Crippen LogP contribution in [0.15, 0.2) is 17.4 Å². The Labute approximate surface area is 92.0 Å². The summed E-state index contributed by atoms with van der Waals surface area (Å²) in [7, 11) is -1.07. The van der Waals surface area contributed by atoms with Crippen LogP contribution in [0.3, 0.4) is 0 Å². The zero-order valence-electron chi connectivity index (χ0n) is 8.77. The Morgan fingerprint density at radius 2 is 2.53 bits per heavy atom. The second kappa shape index (κ2) is 4.81. The second-order valence-corrected chi connectivity index (χ2v) is 5.18. The molecule has 0 amide bonds. The van der Waals surface area contributed by atoms with Crippen molar-refractivity contribution in [3.63, 3.8) is 0 Å². The Balaban J connectivity index is 2.01. The van der Waals surface area contributed by atoms with Gasteiger partial charge in [0.2, 0.25) is 5.16 Å². The number of hydrogen-bond donors (Lipinski definition) is 1. The van der Waals surface area contributed by atoms with Crippen molar-refractivity contribution in [2.75, 3.05) is 12.3 Å². The van der Waals surface area contributed by atoms with Gasteiger partial charge in [-0.3, -0.25) is 4.21 Å². The van der Waals surface area contributed by atoms with Gasteiger partial charge in [0.05, 0.1) is 10.8 Å². The molecular weight excluding hydrogens is 210 g/mol. The normalized spacial score (nSPS) is 22.9. The van der Waals surface area contributed by atoms with Crippen LogP contribution in [0.5, 0.6) is 0 Å². The first-order valence-electron chi connectivity index (χ1n) is 5.17. The molecule has 2 rings (SSSR count). The van der Waals surface area contributed by atoms with Crippen LogP contribution in [-0.4, -0.2) is 32.5 Å². The number of nitrogens with one attached hydrogen (secondary N) is 1. The molecule has 0 bridgehead atoms. The van der Waals surface area contributed by atoms with E-state index in [4.69, 9.17) is 0 Å². The van der Waals surface area contributed by atoms with Crippen molar-refractivity contribution in [1.82, 2.24) is 15.3 Å². The van der Waals surface area contributed by atoms with E-state index in [0.29, 0.717) is 17.0 Å². The second-order valence-electron chi connectivity index (χ2n) is 3.79. The molecule has 0 radical (unpaired) electrons. The Hall–Kier alpha value is -0.810. The monoisotopic (exact) mass is 225 g/mol. The van der Waals surface area contributed by atoms with E-state index < -0.39 is 10.8 Å². The van der Waals surface area contributed by atoms with Crippen LogP contribution in [0.25, 0.3) is 0 Å². The molecule has 0 aromatic carbocycles. The summed E-state index contributed by atoms with van der Waals surface area (Å²) in [5.41, 5.74) is 0.868. The summed E-state index contributed by atoms with van der Waals surface area (Å²) >= 11 is 0. The lowest BCUT2D eigenvalue weighted by Crippen LogP contribution is -2.28. The van der Waals surface area contributed by atoms with Crippen molar-refractivity contribution in [3.8, 4) is 0 Å². The summed E-state index contributed by atoms with van der Waals surface area (Å²) in [6.45, 7) is 2.92. The third-order valence-corrected chi connectivity index (χ3v) is 3.80. The molecule has 4 nitrogen and oxygen atoms in total. The summed E-state index contributed by atoms with van der Waals surface area (Å²) in [4.78, 5) is 8.22. The standard InChI is InChI=1S/C10H15N3OS/c1-8-4-6-12-10(13-8)15(14)7-9-3-2-5-11-9/h4,6,9,11H,2-3,5,7H2,1H3/t9-,15-/m0/s1. The highest BCUT2D eigenvalue weighted by Gasteiger charge is 2.18. The molecule has 1 aromatic rings. The maximum Gasteiger partial charge on any atom is 0.218 e. The van der Waals surface area contributed by atoms with Crippen molar-refractivity contribution in [3.05, 3.63) is 18.0 Å². The van der Waals surface area contributed by atoms with E-state index in [1.165, 1.54) is 6.42 Å². The summed E-state index contributed by atoms with van der Waals surface area (Å²) in [5.74, 6) is 0.628. The highest BCUT2D eigenvalue weighted by Crippen LogP contribution is 2.09. The van der Waals surface area contributed by atoms with Crippen LogP contribution >= 0.6 is 0 Å². The summed E-state index contributed by atoms with van der Waals surface area (Å²) in [5, 5.41) is 3.79. The quantitative estimate of drug-likeness (QED) is 0.767. The Morgan fingerprint density at radius 3 is 3.20 bits per heavy atom. The van der Waals surface area contributed by atoms with Gasteiger partial charge in [0.25, 0.3) is 0 Å². The molecule has 1 saturated heterocycles. The molecule has 15 heavy (non-hydrogen) atoms. The zero-order chi connectivity index (χ0) is 10.7. The van der Waals surface area contributed by atoms with Crippen molar-refractivity contribution >= 4 is 10.8 Å². The van der Waals surface area contributed by atoms with Gasteiger partial charge in [-0.1, -0.05) is 0 Å². The molecule has 1 aliphatic heterocycles. The van der Waals surface area contributed by atoms with Gasteiger partial charge in [-0.2, -0.15) is 0 Å². The fourth-order valence-electron chi connectivity index (χ4n) is 1.69. The first-order chi connectivity index (χ1) is 7.25. The van der Waals surface area contributed by atoms with Crippen molar-refractivity contribution < 1.29 is 4.21 Å². The minimum absolute atomic E-state index is 0.370. The summed E-state index contributed by atoms with van der Waals surface area (Å²) in [6.07, 6.45) is 3.95. The lowest BCUT2D eigenvalue weighted by Gasteiger charge is -2.08. The van der Waals surface area contributed by atoms with Crippen LogP contribution in [0.1, 0.15) is 18.5 Å². The molecule has 0 spiro atoms. The third kappa shape index (κ3) is 2.82. The minimum Gasteiger partial charge on any atom is -0.313 e. The average molecular weight is 225 g/mol. The third-order valence-electron chi connectivity index (χ3n) is 2.49. The van der Waals surface area contributed by atoms with E-state index in [1.807, 2.05) is 13.0 Å². The number of aryl methyl sites for hydroxylation is 1. The number of nitrogens with zero attached hydrogens (tertiary/aromatic N) is 2. The lowest BCUT2D eigenvalue weighted by molar-refractivity contribution is 0.637. The first kappa shape index (κ1) is 10.7. The molecule has 1 aliphatic rings. The Morgan fingerprint density at radius 1 is 1.67 bits per heavy atom. The molecule has 5 heteroatoms. The molecule has 0 aliphatic carbocycles. The highest BCUT2D eigenvalue weighted by atomic mass is 32.2. The molecule has 0 saturated carbocycles. The fourth-order valence-corrected chi connectivity index (χ4v) is 2.92. The fraction of sp³-hybridized carbons (Fsp3) is 0.600. The van der Waals surface area contributed by atoms with Crippen molar-refractivity contribution in [2.45, 2.75) is 31.0 Å². The first-order valence-corrected chi connectivity index (χ1v) is 6.49. The smallest absolute Gasteiger partial charge is 0.218 e. The maximum atomic E-state index is 11.9. The predicted molar refractivity (Wildman–Crippen MR) is 59.1 cm³/mol. The maximum absolute atomic E-state index is 11.9. The van der Waals surface area contributed by atoms with Crippen LogP contribution in [0.2, 0.25) is 0 Å². The molecular formula is C10H15N3OS. The van der Waals surface area contributed by atoms with Crippen LogP contribution in [0, 0.1) is 6.92 Å². The van der Waals surface area contributed by atoms with Gasteiger partial charge < -0.3 is 5.32 Å². The van der Waals surface area contributed by atoms with Crippen molar-refractivity contribution in [2.24, 2.45) is 0 Å². The Bertz CT molecular complexity index is 363. The summed E-state index contributed by atoms with van der Waals surface area (Å²) < 4.78 is 11.9. The van der Waals surface area contributed by atoms with Crippen molar-refractivity contribution in [1.29, 1.82) is 0 Å². The van der Waals surface area contributed by atoms with Crippen LogP contribution in [-0.2, 0) is 10.8 Å². The molecule has 1 aromatic heterocycles. The average Bonchev–Trinajstić information content (AvgIpc) is 2.70. The van der Waals surface area contributed by atoms with Crippen LogP contribution < -0.4 is 5.32 Å². The van der Waals surface area contributed by atoms with Gasteiger partial charge in [-0.15, -0.1) is 0 Å². The molecule has 1 N–H and O–H groups in total. The lowest BCUT2D eigenvalue weighted by atomic mass is 10.3. The zero-order valence-corrected chi connectivity index (χ0v) is 9.59. The highest BCUT2D eigenvalue weighted by molar-refractivity contribution is 7.84. The van der Waals surface area contributed by atoms with E-state index in [0.717, 1.165) is 18.7 Å². The SMILES string of the molecule is Cc1ccnc([S@@](=O)C[C@@H]2CCCN2)n1. The van der Waals surface area contributed by atoms with Gasteiger partial charge >= 0.3 is 0 Å². The molecule has 82 valence electrons. The Kier molecular flexibility index (Phi) is 3.43. The van der Waals surface area contributed by atoms with Crippen LogP contribution in [0.4, 0.5) is 0 Å². The number of hydrogen-bond acceptors (Lipinski definition) is 4. The number of aromatic nitrogens is 2. The number of rotatable bonds is 3. The van der Waals surface area contributed by atoms with E-state index in [1.54, 1.807) is 6.20 Å².